The lowest BCUT2D eigenvalue weighted by molar-refractivity contribution is -0.116. The van der Waals surface area contributed by atoms with Gasteiger partial charge in [-0.1, -0.05) is 12.1 Å². The number of rotatable bonds is 4. The van der Waals surface area contributed by atoms with Gasteiger partial charge in [-0.2, -0.15) is 5.26 Å². The first-order chi connectivity index (χ1) is 7.27. The molecule has 0 bridgehead atoms. The monoisotopic (exact) mass is 204 g/mol. The van der Waals surface area contributed by atoms with Crippen molar-refractivity contribution >= 4 is 11.6 Å². The van der Waals surface area contributed by atoms with Gasteiger partial charge in [-0.05, 0) is 12.1 Å². The van der Waals surface area contributed by atoms with E-state index in [-0.39, 0.29) is 18.7 Å². The number of ether oxygens (including phenoxy) is 1. The number of methoxy groups -OCH3 is 1. The summed E-state index contributed by atoms with van der Waals surface area (Å²) in [4.78, 5) is 11.3. The van der Waals surface area contributed by atoms with E-state index in [9.17, 15) is 4.79 Å². The molecule has 4 nitrogen and oxygen atoms in total. The number of carbonyl (C=O) groups excluding carboxylic acids is 1. The fraction of sp³-hybridized carbons (Fsp3) is 0.273. The highest BCUT2D eigenvalue weighted by Crippen LogP contribution is 2.22. The van der Waals surface area contributed by atoms with Crippen molar-refractivity contribution in [2.45, 2.75) is 12.8 Å². The van der Waals surface area contributed by atoms with Crippen molar-refractivity contribution in [2.75, 3.05) is 12.4 Å². The molecule has 0 spiro atoms. The van der Waals surface area contributed by atoms with Crippen LogP contribution in [0.1, 0.15) is 12.8 Å². The van der Waals surface area contributed by atoms with Crippen LogP contribution in [0, 0.1) is 11.3 Å². The number of nitrogens with one attached hydrogen (secondary N) is 1. The van der Waals surface area contributed by atoms with Crippen LogP contribution in [0.15, 0.2) is 24.3 Å². The van der Waals surface area contributed by atoms with Crippen molar-refractivity contribution in [1.29, 1.82) is 5.26 Å². The third-order valence-electron chi connectivity index (χ3n) is 1.84. The van der Waals surface area contributed by atoms with E-state index >= 15 is 0 Å². The van der Waals surface area contributed by atoms with Crippen molar-refractivity contribution < 1.29 is 9.53 Å². The van der Waals surface area contributed by atoms with Gasteiger partial charge in [0.2, 0.25) is 5.91 Å². The molecule has 1 rings (SSSR count). The molecule has 0 saturated carbocycles. The van der Waals surface area contributed by atoms with Gasteiger partial charge in [-0.25, -0.2) is 0 Å². The van der Waals surface area contributed by atoms with Gasteiger partial charge < -0.3 is 10.1 Å². The molecule has 0 saturated heterocycles. The van der Waals surface area contributed by atoms with Crippen LogP contribution in [0.4, 0.5) is 5.69 Å². The van der Waals surface area contributed by atoms with Crippen molar-refractivity contribution in [3.05, 3.63) is 24.3 Å². The Kier molecular flexibility index (Phi) is 4.17. The molecular formula is C11H12N2O2. The molecule has 0 aliphatic heterocycles. The van der Waals surface area contributed by atoms with E-state index in [1.165, 1.54) is 0 Å². The first-order valence-corrected chi connectivity index (χ1v) is 4.57. The summed E-state index contributed by atoms with van der Waals surface area (Å²) in [6.07, 6.45) is 0.426. The first kappa shape index (κ1) is 11.1. The van der Waals surface area contributed by atoms with E-state index in [4.69, 9.17) is 10.00 Å². The predicted molar refractivity (Wildman–Crippen MR) is 56.5 cm³/mol. The van der Waals surface area contributed by atoms with E-state index in [0.29, 0.717) is 11.4 Å². The standard InChI is InChI=1S/C11H12N2O2/c1-15-10-6-3-2-5-9(10)13-11(14)7-4-8-12/h2-3,5-6H,4,7H2,1H3,(H,13,14). The van der Waals surface area contributed by atoms with E-state index in [1.807, 2.05) is 18.2 Å². The second kappa shape index (κ2) is 5.66. The lowest BCUT2D eigenvalue weighted by Crippen LogP contribution is -2.11. The smallest absolute Gasteiger partial charge is 0.225 e. The van der Waals surface area contributed by atoms with E-state index in [1.54, 1.807) is 19.2 Å². The zero-order valence-corrected chi connectivity index (χ0v) is 8.49. The van der Waals surface area contributed by atoms with Crippen LogP contribution in [0.3, 0.4) is 0 Å². The van der Waals surface area contributed by atoms with Gasteiger partial charge >= 0.3 is 0 Å². The van der Waals surface area contributed by atoms with E-state index < -0.39 is 0 Å². The molecule has 0 fully saturated rings. The molecule has 0 aliphatic rings. The van der Waals surface area contributed by atoms with Crippen molar-refractivity contribution in [3.63, 3.8) is 0 Å². The minimum absolute atomic E-state index is 0.180. The van der Waals surface area contributed by atoms with Crippen molar-refractivity contribution in [1.82, 2.24) is 0 Å². The highest BCUT2D eigenvalue weighted by molar-refractivity contribution is 5.92. The van der Waals surface area contributed by atoms with Gasteiger partial charge in [-0.15, -0.1) is 0 Å². The molecule has 0 radical (unpaired) electrons. The summed E-state index contributed by atoms with van der Waals surface area (Å²) in [7, 11) is 1.54. The van der Waals surface area contributed by atoms with E-state index in [2.05, 4.69) is 5.32 Å². The fourth-order valence-corrected chi connectivity index (χ4v) is 1.13. The van der Waals surface area contributed by atoms with Crippen molar-refractivity contribution in [2.24, 2.45) is 0 Å². The molecule has 1 amide bonds. The van der Waals surface area contributed by atoms with Gasteiger partial charge in [0.1, 0.15) is 5.75 Å². The molecule has 0 unspecified atom stereocenters. The zero-order valence-electron chi connectivity index (χ0n) is 8.49. The Morgan fingerprint density at radius 3 is 2.93 bits per heavy atom. The van der Waals surface area contributed by atoms with Crippen LogP contribution in [-0.2, 0) is 4.79 Å². The number of carbonyl (C=O) groups is 1. The van der Waals surface area contributed by atoms with Crippen molar-refractivity contribution in [3.8, 4) is 11.8 Å². The van der Waals surface area contributed by atoms with Crippen LogP contribution in [0.5, 0.6) is 5.75 Å². The maximum atomic E-state index is 11.3. The minimum Gasteiger partial charge on any atom is -0.495 e. The molecular weight excluding hydrogens is 192 g/mol. The first-order valence-electron chi connectivity index (χ1n) is 4.57. The Morgan fingerprint density at radius 2 is 2.27 bits per heavy atom. The van der Waals surface area contributed by atoms with Gasteiger partial charge in [0.25, 0.3) is 0 Å². The Morgan fingerprint density at radius 1 is 1.53 bits per heavy atom. The lowest BCUT2D eigenvalue weighted by Gasteiger charge is -2.08. The van der Waals surface area contributed by atoms with E-state index in [0.717, 1.165) is 0 Å². The molecule has 0 aliphatic carbocycles. The number of amides is 1. The number of anilines is 1. The summed E-state index contributed by atoms with van der Waals surface area (Å²) in [5.74, 6) is 0.434. The van der Waals surface area contributed by atoms with Crippen LogP contribution in [0.2, 0.25) is 0 Å². The van der Waals surface area contributed by atoms with Gasteiger partial charge in [-0.3, -0.25) is 4.79 Å². The normalized spacial score (nSPS) is 9.07. The quantitative estimate of drug-likeness (QED) is 0.815. The summed E-state index contributed by atoms with van der Waals surface area (Å²) in [5.41, 5.74) is 0.628. The zero-order chi connectivity index (χ0) is 11.1. The second-order valence-corrected chi connectivity index (χ2v) is 2.91. The number of para-hydroxylation sites is 2. The van der Waals surface area contributed by atoms with Gasteiger partial charge in [0.15, 0.2) is 0 Å². The number of hydrogen-bond acceptors (Lipinski definition) is 3. The summed E-state index contributed by atoms with van der Waals surface area (Å²) >= 11 is 0. The highest BCUT2D eigenvalue weighted by atomic mass is 16.5. The molecule has 1 N–H and O–H groups in total. The average molecular weight is 204 g/mol. The molecule has 0 aromatic heterocycles. The van der Waals surface area contributed by atoms with Crippen LogP contribution < -0.4 is 10.1 Å². The minimum atomic E-state index is -0.180. The largest absolute Gasteiger partial charge is 0.495 e. The maximum Gasteiger partial charge on any atom is 0.225 e. The topological polar surface area (TPSA) is 62.1 Å². The molecule has 78 valence electrons. The fourth-order valence-electron chi connectivity index (χ4n) is 1.13. The summed E-state index contributed by atoms with van der Waals surface area (Å²) in [5, 5.41) is 11.0. The van der Waals surface area contributed by atoms with Crippen LogP contribution in [-0.4, -0.2) is 13.0 Å². The average Bonchev–Trinajstić information content (AvgIpc) is 2.27. The molecule has 1 aromatic rings. The number of nitrogens with zero attached hydrogens (tertiary/aromatic N) is 1. The SMILES string of the molecule is COc1ccccc1NC(=O)CCC#N. The molecule has 15 heavy (non-hydrogen) atoms. The molecule has 0 atom stereocenters. The summed E-state index contributed by atoms with van der Waals surface area (Å²) < 4.78 is 5.07. The lowest BCUT2D eigenvalue weighted by atomic mass is 10.2. The van der Waals surface area contributed by atoms with Crippen LogP contribution >= 0.6 is 0 Å². The summed E-state index contributed by atoms with van der Waals surface area (Å²) in [6, 6.07) is 9.07. The predicted octanol–water partition coefficient (Wildman–Crippen LogP) is 1.94. The third-order valence-corrected chi connectivity index (χ3v) is 1.84. The van der Waals surface area contributed by atoms with Gasteiger partial charge in [0.05, 0.1) is 18.9 Å². The number of nitriles is 1. The molecule has 4 heteroatoms. The highest BCUT2D eigenvalue weighted by Gasteiger charge is 2.05. The molecule has 1 aromatic carbocycles. The number of benzene rings is 1. The second-order valence-electron chi connectivity index (χ2n) is 2.91. The van der Waals surface area contributed by atoms with Gasteiger partial charge in [0, 0.05) is 12.8 Å². The third kappa shape index (κ3) is 3.31. The Balaban J connectivity index is 2.64. The summed E-state index contributed by atoms with van der Waals surface area (Å²) in [6.45, 7) is 0. The Labute approximate surface area is 88.5 Å². The maximum absolute atomic E-state index is 11.3. The Hall–Kier alpha value is -2.02. The molecule has 0 heterocycles. The number of hydrogen-bond donors (Lipinski definition) is 1. The Bertz CT molecular complexity index is 382. The van der Waals surface area contributed by atoms with Crippen LogP contribution in [0.25, 0.3) is 0 Å².